The zero-order valence-electron chi connectivity index (χ0n) is 25.9. The van der Waals surface area contributed by atoms with Gasteiger partial charge < -0.3 is 9.64 Å². The van der Waals surface area contributed by atoms with Crippen LogP contribution in [0.25, 0.3) is 0 Å². The van der Waals surface area contributed by atoms with E-state index in [4.69, 9.17) is 4.74 Å². The molecular weight excluding hydrogens is 530 g/mol. The number of nitrogens with zero attached hydrogens (tertiary/aromatic N) is 3. The molecule has 1 saturated heterocycles. The van der Waals surface area contributed by atoms with Gasteiger partial charge in [0.05, 0.1) is 25.3 Å². The highest BCUT2D eigenvalue weighted by molar-refractivity contribution is 5.80. The van der Waals surface area contributed by atoms with E-state index < -0.39 is 0 Å². The molecule has 0 N–H and O–H groups in total. The van der Waals surface area contributed by atoms with Gasteiger partial charge in [-0.1, -0.05) is 98.8 Å². The fourth-order valence-corrected chi connectivity index (χ4v) is 7.14. The molecule has 5 heteroatoms. The van der Waals surface area contributed by atoms with Gasteiger partial charge in [-0.15, -0.1) is 0 Å². The number of benzene rings is 3. The number of hydrogen-bond acceptors (Lipinski definition) is 4. The number of amides is 1. The maximum atomic E-state index is 13.5. The quantitative estimate of drug-likeness (QED) is 0.292. The Morgan fingerprint density at radius 3 is 2.00 bits per heavy atom. The summed E-state index contributed by atoms with van der Waals surface area (Å²) in [5.41, 5.74) is 7.68. The van der Waals surface area contributed by atoms with E-state index in [9.17, 15) is 4.79 Å². The molecular formula is C38H45N3O2. The molecule has 1 fully saturated rings. The average Bonchev–Trinajstić information content (AvgIpc) is 3.06. The van der Waals surface area contributed by atoms with Crippen LogP contribution in [0.1, 0.15) is 67.3 Å². The van der Waals surface area contributed by atoms with E-state index in [-0.39, 0.29) is 11.9 Å². The summed E-state index contributed by atoms with van der Waals surface area (Å²) in [6.07, 6.45) is 5.43. The molecule has 1 aliphatic carbocycles. The fourth-order valence-electron chi connectivity index (χ4n) is 7.14. The van der Waals surface area contributed by atoms with Crippen LogP contribution in [0.2, 0.25) is 0 Å². The molecule has 1 unspecified atom stereocenters. The molecule has 0 spiro atoms. The van der Waals surface area contributed by atoms with Crippen LogP contribution in [0.4, 0.5) is 0 Å². The zero-order valence-corrected chi connectivity index (χ0v) is 25.9. The third-order valence-electron chi connectivity index (χ3n) is 9.54. The summed E-state index contributed by atoms with van der Waals surface area (Å²) in [6, 6.07) is 30.9. The van der Waals surface area contributed by atoms with Gasteiger partial charge in [0.2, 0.25) is 5.91 Å². The SMILES string of the molecule is COC1=C2CCN(C(=O)Cc3ccc(C(C)C)cc3)C=C2C(N2CCN(C(c3ccccc3)c3ccccc3)CC2)CC1. The van der Waals surface area contributed by atoms with Gasteiger partial charge in [-0.25, -0.2) is 0 Å². The monoisotopic (exact) mass is 575 g/mol. The van der Waals surface area contributed by atoms with E-state index in [0.717, 1.165) is 56.8 Å². The van der Waals surface area contributed by atoms with Gasteiger partial charge in [-0.3, -0.25) is 14.6 Å². The second-order valence-corrected chi connectivity index (χ2v) is 12.5. The Kier molecular flexibility index (Phi) is 9.11. The molecule has 0 radical (unpaired) electrons. The number of ether oxygens (including phenoxy) is 1. The molecule has 0 saturated carbocycles. The Hall–Kier alpha value is -3.67. The van der Waals surface area contributed by atoms with E-state index >= 15 is 0 Å². The smallest absolute Gasteiger partial charge is 0.230 e. The van der Waals surface area contributed by atoms with Crippen LogP contribution in [0.5, 0.6) is 0 Å². The van der Waals surface area contributed by atoms with Gasteiger partial charge in [0, 0.05) is 51.4 Å². The van der Waals surface area contributed by atoms with Crippen LogP contribution in [0, 0.1) is 0 Å². The summed E-state index contributed by atoms with van der Waals surface area (Å²) < 4.78 is 5.87. The number of rotatable bonds is 8. The molecule has 1 amide bonds. The number of methoxy groups -OCH3 is 1. The van der Waals surface area contributed by atoms with Crippen molar-refractivity contribution in [1.29, 1.82) is 0 Å². The van der Waals surface area contributed by atoms with Gasteiger partial charge in [-0.2, -0.15) is 0 Å². The molecule has 2 aliphatic heterocycles. The van der Waals surface area contributed by atoms with Crippen molar-refractivity contribution in [3.05, 3.63) is 130 Å². The van der Waals surface area contributed by atoms with Crippen LogP contribution in [0.3, 0.4) is 0 Å². The van der Waals surface area contributed by atoms with Crippen LogP contribution in [-0.2, 0) is 16.0 Å². The van der Waals surface area contributed by atoms with E-state index in [1.54, 1.807) is 7.11 Å². The second-order valence-electron chi connectivity index (χ2n) is 12.5. The van der Waals surface area contributed by atoms with Gasteiger partial charge >= 0.3 is 0 Å². The Balaban J connectivity index is 1.18. The second kappa shape index (κ2) is 13.3. The molecule has 3 aromatic rings. The first-order chi connectivity index (χ1) is 21.0. The summed E-state index contributed by atoms with van der Waals surface area (Å²) >= 11 is 0. The molecule has 3 aliphatic rings. The van der Waals surface area contributed by atoms with Gasteiger partial charge in [-0.05, 0) is 52.2 Å². The Bertz CT molecular complexity index is 1400. The van der Waals surface area contributed by atoms with E-state index in [1.807, 2.05) is 4.90 Å². The molecule has 224 valence electrons. The van der Waals surface area contributed by atoms with Gasteiger partial charge in [0.25, 0.3) is 0 Å². The van der Waals surface area contributed by atoms with Gasteiger partial charge in [0.1, 0.15) is 0 Å². The van der Waals surface area contributed by atoms with Gasteiger partial charge in [0.15, 0.2) is 0 Å². The Morgan fingerprint density at radius 2 is 1.42 bits per heavy atom. The molecule has 1 atom stereocenters. The lowest BCUT2D eigenvalue weighted by Crippen LogP contribution is -2.53. The first kappa shape index (κ1) is 29.4. The highest BCUT2D eigenvalue weighted by Gasteiger charge is 2.37. The van der Waals surface area contributed by atoms with Crippen molar-refractivity contribution in [2.75, 3.05) is 39.8 Å². The third kappa shape index (κ3) is 6.48. The van der Waals surface area contributed by atoms with Crippen molar-refractivity contribution in [3.63, 3.8) is 0 Å². The zero-order chi connectivity index (χ0) is 29.8. The molecule has 0 bridgehead atoms. The molecule has 43 heavy (non-hydrogen) atoms. The maximum Gasteiger partial charge on any atom is 0.230 e. The standard InChI is InChI=1S/C38H45N3O2/c1-28(2)30-16-14-29(15-17-30)26-37(42)41-21-20-33-34(27-41)35(18-19-36(33)43-3)39-22-24-40(25-23-39)38(31-10-6-4-7-11-31)32-12-8-5-9-13-32/h4-17,27-28,35,38H,18-26H2,1-3H3. The molecule has 0 aromatic heterocycles. The number of hydrogen-bond donors (Lipinski definition) is 0. The topological polar surface area (TPSA) is 36.0 Å². The predicted molar refractivity (Wildman–Crippen MR) is 174 cm³/mol. The molecule has 5 nitrogen and oxygen atoms in total. The lowest BCUT2D eigenvalue weighted by molar-refractivity contribution is -0.128. The number of piperazine rings is 1. The lowest BCUT2D eigenvalue weighted by atomic mass is 9.83. The highest BCUT2D eigenvalue weighted by atomic mass is 16.5. The van der Waals surface area contributed by atoms with Crippen molar-refractivity contribution in [1.82, 2.24) is 14.7 Å². The Labute approximate surface area is 257 Å². The summed E-state index contributed by atoms with van der Waals surface area (Å²) in [6.45, 7) is 9.13. The number of carbonyl (C=O) groups excluding carboxylic acids is 1. The number of fused-ring (bicyclic) bond motifs is 1. The Morgan fingerprint density at radius 1 is 0.791 bits per heavy atom. The predicted octanol–water partition coefficient (Wildman–Crippen LogP) is 6.94. The normalized spacial score (nSPS) is 19.9. The summed E-state index contributed by atoms with van der Waals surface area (Å²) in [5, 5.41) is 0. The van der Waals surface area contributed by atoms with Crippen LogP contribution in [-0.4, -0.2) is 66.5 Å². The number of allylic oxidation sites excluding steroid dienone is 1. The largest absolute Gasteiger partial charge is 0.501 e. The van der Waals surface area contributed by atoms with Crippen LogP contribution >= 0.6 is 0 Å². The average molecular weight is 576 g/mol. The minimum atomic E-state index is 0.172. The van der Waals surface area contributed by atoms with Crippen LogP contribution in [0.15, 0.2) is 108 Å². The van der Waals surface area contributed by atoms with Crippen molar-refractivity contribution >= 4 is 5.91 Å². The van der Waals surface area contributed by atoms with E-state index in [2.05, 4.69) is 115 Å². The van der Waals surface area contributed by atoms with E-state index in [1.165, 1.54) is 27.8 Å². The summed E-state index contributed by atoms with van der Waals surface area (Å²) in [4.78, 5) is 20.8. The molecule has 3 aromatic carbocycles. The molecule has 2 heterocycles. The van der Waals surface area contributed by atoms with Crippen molar-refractivity contribution in [3.8, 4) is 0 Å². The fraction of sp³-hybridized carbons (Fsp3) is 0.395. The highest BCUT2D eigenvalue weighted by Crippen LogP contribution is 2.39. The number of carbonyl (C=O) groups is 1. The van der Waals surface area contributed by atoms with Crippen molar-refractivity contribution in [2.45, 2.75) is 57.5 Å². The summed E-state index contributed by atoms with van der Waals surface area (Å²) in [5.74, 6) is 1.76. The lowest BCUT2D eigenvalue weighted by Gasteiger charge is -2.46. The van der Waals surface area contributed by atoms with Crippen molar-refractivity contribution < 1.29 is 9.53 Å². The summed E-state index contributed by atoms with van der Waals surface area (Å²) in [7, 11) is 1.80. The minimum Gasteiger partial charge on any atom is -0.501 e. The first-order valence-electron chi connectivity index (χ1n) is 16.0. The van der Waals surface area contributed by atoms with Crippen LogP contribution < -0.4 is 0 Å². The maximum absolute atomic E-state index is 13.5. The minimum absolute atomic E-state index is 0.172. The van der Waals surface area contributed by atoms with E-state index in [0.29, 0.717) is 24.9 Å². The molecule has 6 rings (SSSR count). The van der Waals surface area contributed by atoms with Crippen molar-refractivity contribution in [2.24, 2.45) is 0 Å². The first-order valence-corrected chi connectivity index (χ1v) is 16.0. The third-order valence-corrected chi connectivity index (χ3v) is 9.54.